The molecule has 2 aromatic heterocycles. The summed E-state index contributed by atoms with van der Waals surface area (Å²) in [6.45, 7) is -0.0915. The number of rotatable bonds is 5. The van der Waals surface area contributed by atoms with Gasteiger partial charge < -0.3 is 19.3 Å². The molecule has 0 aliphatic carbocycles. The molecule has 2 heterocycles. The normalized spacial score (nSPS) is 10.1. The summed E-state index contributed by atoms with van der Waals surface area (Å²) < 4.78 is 10.3. The molecule has 20 heavy (non-hydrogen) atoms. The summed E-state index contributed by atoms with van der Waals surface area (Å²) in [6, 6.07) is 4.42. The van der Waals surface area contributed by atoms with E-state index < -0.39 is 16.6 Å². The summed E-state index contributed by atoms with van der Waals surface area (Å²) >= 11 is 0. The van der Waals surface area contributed by atoms with Crippen LogP contribution in [0.5, 0.6) is 5.75 Å². The van der Waals surface area contributed by atoms with Crippen molar-refractivity contribution in [2.45, 2.75) is 6.61 Å². The van der Waals surface area contributed by atoms with Crippen molar-refractivity contribution in [1.82, 2.24) is 10.4 Å². The van der Waals surface area contributed by atoms with E-state index >= 15 is 0 Å². The van der Waals surface area contributed by atoms with E-state index in [4.69, 9.17) is 15.0 Å². The largest absolute Gasteiger partial charge is 0.481 e. The van der Waals surface area contributed by atoms with Gasteiger partial charge in [0.2, 0.25) is 5.75 Å². The lowest BCUT2D eigenvalue weighted by Crippen LogP contribution is -2.30. The maximum absolute atomic E-state index is 11.4. The summed E-state index contributed by atoms with van der Waals surface area (Å²) in [5.74, 6) is 3.97. The molecule has 0 radical (unpaired) electrons. The van der Waals surface area contributed by atoms with Crippen molar-refractivity contribution in [2.75, 3.05) is 0 Å². The van der Waals surface area contributed by atoms with Gasteiger partial charge in [-0.1, -0.05) is 0 Å². The molecule has 0 aliphatic heterocycles. The van der Waals surface area contributed by atoms with Gasteiger partial charge in [0.15, 0.2) is 5.76 Å². The van der Waals surface area contributed by atoms with Gasteiger partial charge in [-0.3, -0.25) is 10.2 Å². The Labute approximate surface area is 112 Å². The van der Waals surface area contributed by atoms with Crippen molar-refractivity contribution in [1.29, 1.82) is 0 Å². The van der Waals surface area contributed by atoms with Crippen LogP contribution in [0.4, 0.5) is 5.82 Å². The van der Waals surface area contributed by atoms with Crippen LogP contribution in [-0.2, 0) is 6.61 Å². The van der Waals surface area contributed by atoms with E-state index in [2.05, 4.69) is 4.98 Å². The molecule has 9 heteroatoms. The fourth-order valence-electron chi connectivity index (χ4n) is 1.50. The third kappa shape index (κ3) is 2.72. The van der Waals surface area contributed by atoms with Crippen LogP contribution in [0.1, 0.15) is 16.1 Å². The number of hydrogen-bond donors (Lipinski definition) is 2. The molecule has 0 spiro atoms. The van der Waals surface area contributed by atoms with Gasteiger partial charge in [-0.05, 0) is 28.1 Å². The zero-order chi connectivity index (χ0) is 14.5. The molecule has 2 rings (SSSR count). The molecular weight excluding hydrogens is 268 g/mol. The second kappa shape index (κ2) is 5.80. The number of aromatic nitrogens is 1. The molecule has 104 valence electrons. The minimum atomic E-state index is -0.655. The van der Waals surface area contributed by atoms with Crippen LogP contribution in [-0.4, -0.2) is 15.8 Å². The second-order valence-electron chi connectivity index (χ2n) is 3.62. The number of nitrogens with two attached hydrogens (primary N) is 1. The molecule has 1 amide bonds. The minimum absolute atomic E-state index is 0.00203. The Balaban J connectivity index is 2.16. The van der Waals surface area contributed by atoms with Gasteiger partial charge >= 0.3 is 11.7 Å². The first-order valence-electron chi connectivity index (χ1n) is 5.43. The SMILES string of the molecule is NNC(=O)c1occc1COc1cccnc1[N+](=O)[O-]. The highest BCUT2D eigenvalue weighted by Crippen LogP contribution is 2.24. The number of carbonyl (C=O) groups excluding carboxylic acids is 1. The first-order valence-corrected chi connectivity index (χ1v) is 5.43. The molecule has 0 aliphatic rings. The maximum atomic E-state index is 11.4. The molecule has 3 N–H and O–H groups in total. The summed E-state index contributed by atoms with van der Waals surface area (Å²) in [5.41, 5.74) is 2.34. The Hall–Kier alpha value is -2.94. The van der Waals surface area contributed by atoms with Crippen LogP contribution >= 0.6 is 0 Å². The predicted molar refractivity (Wildman–Crippen MR) is 65.6 cm³/mol. The number of nitrogen functional groups attached to an aromatic ring is 1. The molecular formula is C11H10N4O5. The Morgan fingerprint density at radius 2 is 2.35 bits per heavy atom. The van der Waals surface area contributed by atoms with Gasteiger partial charge in [0.05, 0.1) is 6.26 Å². The summed E-state index contributed by atoms with van der Waals surface area (Å²) in [7, 11) is 0. The first-order chi connectivity index (χ1) is 9.63. The molecule has 0 atom stereocenters. The van der Waals surface area contributed by atoms with E-state index in [9.17, 15) is 14.9 Å². The van der Waals surface area contributed by atoms with Crippen LogP contribution in [0.3, 0.4) is 0 Å². The van der Waals surface area contributed by atoms with E-state index in [1.165, 1.54) is 30.7 Å². The van der Waals surface area contributed by atoms with E-state index in [-0.39, 0.29) is 18.1 Å². The van der Waals surface area contributed by atoms with E-state index in [1.807, 2.05) is 5.43 Å². The number of hydrazine groups is 1. The summed E-state index contributed by atoms with van der Waals surface area (Å²) in [4.78, 5) is 25.1. The highest BCUT2D eigenvalue weighted by molar-refractivity contribution is 5.92. The number of carbonyl (C=O) groups is 1. The fourth-order valence-corrected chi connectivity index (χ4v) is 1.50. The van der Waals surface area contributed by atoms with Gasteiger partial charge in [-0.2, -0.15) is 0 Å². The molecule has 9 nitrogen and oxygen atoms in total. The fraction of sp³-hybridized carbons (Fsp3) is 0.0909. The second-order valence-corrected chi connectivity index (χ2v) is 3.62. The third-order valence-corrected chi connectivity index (χ3v) is 2.39. The third-order valence-electron chi connectivity index (χ3n) is 2.39. The minimum Gasteiger partial charge on any atom is -0.481 e. The quantitative estimate of drug-likeness (QED) is 0.357. The average molecular weight is 278 g/mol. The first kappa shape index (κ1) is 13.5. The van der Waals surface area contributed by atoms with Crippen LogP contribution in [0.25, 0.3) is 0 Å². The topological polar surface area (TPSA) is 134 Å². The number of nitrogens with zero attached hydrogens (tertiary/aromatic N) is 2. The lowest BCUT2D eigenvalue weighted by molar-refractivity contribution is -0.390. The number of pyridine rings is 1. The van der Waals surface area contributed by atoms with E-state index in [1.54, 1.807) is 0 Å². The number of furan rings is 1. The lowest BCUT2D eigenvalue weighted by Gasteiger charge is -2.05. The summed E-state index contributed by atoms with van der Waals surface area (Å²) in [6.07, 6.45) is 2.58. The number of nitro groups is 1. The van der Waals surface area contributed by atoms with Crippen LogP contribution in [0.15, 0.2) is 35.1 Å². The zero-order valence-corrected chi connectivity index (χ0v) is 10.1. The zero-order valence-electron chi connectivity index (χ0n) is 10.1. The highest BCUT2D eigenvalue weighted by Gasteiger charge is 2.18. The van der Waals surface area contributed by atoms with Crippen molar-refractivity contribution in [3.63, 3.8) is 0 Å². The average Bonchev–Trinajstić information content (AvgIpc) is 2.92. The van der Waals surface area contributed by atoms with Crippen LogP contribution in [0, 0.1) is 10.1 Å². The van der Waals surface area contributed by atoms with Crippen molar-refractivity contribution >= 4 is 11.7 Å². The Kier molecular flexibility index (Phi) is 3.91. The summed E-state index contributed by atoms with van der Waals surface area (Å²) in [5, 5.41) is 10.8. The number of amides is 1. The predicted octanol–water partition coefficient (Wildman–Crippen LogP) is 0.765. The molecule has 0 fully saturated rings. The van der Waals surface area contributed by atoms with Gasteiger partial charge in [-0.25, -0.2) is 5.84 Å². The monoisotopic (exact) mass is 278 g/mol. The number of ether oxygens (including phenoxy) is 1. The number of hydrogen-bond acceptors (Lipinski definition) is 7. The van der Waals surface area contributed by atoms with Gasteiger partial charge in [-0.15, -0.1) is 0 Å². The van der Waals surface area contributed by atoms with Gasteiger partial charge in [0.1, 0.15) is 12.8 Å². The Morgan fingerprint density at radius 3 is 3.05 bits per heavy atom. The highest BCUT2D eigenvalue weighted by atomic mass is 16.6. The van der Waals surface area contributed by atoms with Crippen molar-refractivity contribution in [3.05, 3.63) is 52.1 Å². The molecule has 0 unspecified atom stereocenters. The van der Waals surface area contributed by atoms with Crippen LogP contribution < -0.4 is 16.0 Å². The smallest absolute Gasteiger partial charge is 0.406 e. The standard InChI is InChI=1S/C11H10N4O5/c12-14-11(16)9-7(3-5-19-9)6-20-8-2-1-4-13-10(8)15(17)18/h1-5H,6,12H2,(H,14,16). The lowest BCUT2D eigenvalue weighted by atomic mass is 10.2. The number of nitrogens with one attached hydrogen (secondary N) is 1. The van der Waals surface area contributed by atoms with Crippen molar-refractivity contribution in [3.8, 4) is 5.75 Å². The maximum Gasteiger partial charge on any atom is 0.406 e. The molecule has 0 saturated carbocycles. The Morgan fingerprint density at radius 1 is 1.55 bits per heavy atom. The van der Waals surface area contributed by atoms with E-state index in [0.29, 0.717) is 5.56 Å². The molecule has 0 aromatic carbocycles. The molecule has 0 bridgehead atoms. The van der Waals surface area contributed by atoms with Gasteiger partial charge in [0.25, 0.3) is 0 Å². The molecule has 0 saturated heterocycles. The Bertz CT molecular complexity index is 639. The van der Waals surface area contributed by atoms with Crippen molar-refractivity contribution < 1.29 is 18.9 Å². The van der Waals surface area contributed by atoms with Crippen molar-refractivity contribution in [2.24, 2.45) is 5.84 Å². The van der Waals surface area contributed by atoms with E-state index in [0.717, 1.165) is 0 Å². The molecule has 2 aromatic rings. The van der Waals surface area contributed by atoms with Gasteiger partial charge in [0, 0.05) is 5.56 Å². The van der Waals surface area contributed by atoms with Crippen LogP contribution in [0.2, 0.25) is 0 Å².